The van der Waals surface area contributed by atoms with Gasteiger partial charge in [-0.15, -0.1) is 24.8 Å². The quantitative estimate of drug-likeness (QED) is 0.693. The number of amides is 1. The highest BCUT2D eigenvalue weighted by atomic mass is 35.5. The number of aromatic nitrogens is 3. The zero-order valence-electron chi connectivity index (χ0n) is 12.8. The van der Waals surface area contributed by atoms with Crippen LogP contribution in [0.3, 0.4) is 0 Å². The smallest absolute Gasteiger partial charge is 0.239 e. The Morgan fingerprint density at radius 3 is 2.70 bits per heavy atom. The molecule has 7 nitrogen and oxygen atoms in total. The van der Waals surface area contributed by atoms with Gasteiger partial charge < -0.3 is 15.4 Å². The van der Waals surface area contributed by atoms with Crippen LogP contribution in [0.5, 0.6) is 0 Å². The number of hydrogen-bond acceptors (Lipinski definition) is 5. The van der Waals surface area contributed by atoms with Gasteiger partial charge in [0.15, 0.2) is 5.82 Å². The van der Waals surface area contributed by atoms with E-state index >= 15 is 0 Å². The molecule has 2 rings (SSSR count). The van der Waals surface area contributed by atoms with Crippen LogP contribution in [0.2, 0.25) is 0 Å². The highest BCUT2D eigenvalue weighted by Gasteiger charge is 2.05. The zero-order chi connectivity index (χ0) is 14.9. The predicted octanol–water partition coefficient (Wildman–Crippen LogP) is 1.34. The maximum absolute atomic E-state index is 11.7. The van der Waals surface area contributed by atoms with Gasteiger partial charge in [0, 0.05) is 38.3 Å². The molecule has 0 bridgehead atoms. The van der Waals surface area contributed by atoms with Crippen LogP contribution in [0.25, 0.3) is 0 Å². The van der Waals surface area contributed by atoms with Crippen LogP contribution in [-0.2, 0) is 16.1 Å². The average Bonchev–Trinajstić information content (AvgIpc) is 2.92. The average molecular weight is 362 g/mol. The normalized spacial score (nSPS) is 9.61. The van der Waals surface area contributed by atoms with E-state index in [1.807, 2.05) is 18.3 Å². The summed E-state index contributed by atoms with van der Waals surface area (Å²) in [7, 11) is 1.62. The molecular formula is C14H21Cl2N5O2. The van der Waals surface area contributed by atoms with E-state index in [9.17, 15) is 4.79 Å². The van der Waals surface area contributed by atoms with Gasteiger partial charge in [-0.25, -0.2) is 0 Å². The van der Waals surface area contributed by atoms with Crippen molar-refractivity contribution < 1.29 is 9.53 Å². The second-order valence-electron chi connectivity index (χ2n) is 4.47. The predicted molar refractivity (Wildman–Crippen MR) is 93.4 cm³/mol. The lowest BCUT2D eigenvalue weighted by Crippen LogP contribution is -2.30. The second-order valence-corrected chi connectivity index (χ2v) is 4.47. The lowest BCUT2D eigenvalue weighted by atomic mass is 10.3. The zero-order valence-corrected chi connectivity index (χ0v) is 14.4. The molecular weight excluding hydrogens is 341 g/mol. The molecule has 0 spiro atoms. The second kappa shape index (κ2) is 11.8. The standard InChI is InChI=1S/C14H19N5O2.2ClH/c1-21-9-7-16-10-14(20)17-13-4-8-19(18-13)11-12-2-5-15-6-3-12;;/h2-6,8,16H,7,9-11H2,1H3,(H,17,18,20);2*1H. The van der Waals surface area contributed by atoms with Crippen molar-refractivity contribution in [1.82, 2.24) is 20.1 Å². The molecule has 0 saturated heterocycles. The topological polar surface area (TPSA) is 81.1 Å². The van der Waals surface area contributed by atoms with Gasteiger partial charge in [0.1, 0.15) is 0 Å². The number of halogens is 2. The van der Waals surface area contributed by atoms with Crippen molar-refractivity contribution >= 4 is 36.5 Å². The minimum atomic E-state index is -0.125. The molecule has 9 heteroatoms. The first kappa shape index (κ1) is 21.3. The highest BCUT2D eigenvalue weighted by Crippen LogP contribution is 2.05. The van der Waals surface area contributed by atoms with Crippen molar-refractivity contribution in [3.8, 4) is 0 Å². The van der Waals surface area contributed by atoms with Gasteiger partial charge >= 0.3 is 0 Å². The Labute approximate surface area is 147 Å². The molecule has 1 amide bonds. The van der Waals surface area contributed by atoms with Crippen molar-refractivity contribution in [3.05, 3.63) is 42.4 Å². The maximum atomic E-state index is 11.7. The van der Waals surface area contributed by atoms with Crippen LogP contribution >= 0.6 is 24.8 Å². The molecule has 2 aromatic heterocycles. The molecule has 0 aliphatic carbocycles. The van der Waals surface area contributed by atoms with Gasteiger partial charge in [-0.05, 0) is 17.7 Å². The minimum Gasteiger partial charge on any atom is -0.383 e. The summed E-state index contributed by atoms with van der Waals surface area (Å²) < 4.78 is 6.65. The molecule has 2 aromatic rings. The Bertz CT molecular complexity index is 565. The maximum Gasteiger partial charge on any atom is 0.239 e. The molecule has 0 atom stereocenters. The molecule has 128 valence electrons. The van der Waals surface area contributed by atoms with Crippen molar-refractivity contribution in [2.75, 3.05) is 32.1 Å². The van der Waals surface area contributed by atoms with E-state index in [0.717, 1.165) is 5.56 Å². The molecule has 23 heavy (non-hydrogen) atoms. The first-order chi connectivity index (χ1) is 10.3. The van der Waals surface area contributed by atoms with Gasteiger partial charge in [-0.3, -0.25) is 14.5 Å². The van der Waals surface area contributed by atoms with E-state index in [0.29, 0.717) is 25.5 Å². The summed E-state index contributed by atoms with van der Waals surface area (Å²) in [6, 6.07) is 5.63. The summed E-state index contributed by atoms with van der Waals surface area (Å²) in [4.78, 5) is 15.6. The number of methoxy groups -OCH3 is 1. The summed E-state index contributed by atoms with van der Waals surface area (Å²) in [5.74, 6) is 0.419. The third kappa shape index (κ3) is 7.94. The molecule has 0 saturated carbocycles. The Morgan fingerprint density at radius 2 is 2.00 bits per heavy atom. The number of hydrogen-bond donors (Lipinski definition) is 2. The minimum absolute atomic E-state index is 0. The SMILES string of the molecule is COCCNCC(=O)Nc1ccn(Cc2ccncc2)n1.Cl.Cl. The monoisotopic (exact) mass is 361 g/mol. The number of pyridine rings is 1. The van der Waals surface area contributed by atoms with Crippen LogP contribution in [0.15, 0.2) is 36.8 Å². The fourth-order valence-electron chi connectivity index (χ4n) is 1.75. The fraction of sp³-hybridized carbons (Fsp3) is 0.357. The molecule has 0 aliphatic heterocycles. The Balaban J connectivity index is 0.00000242. The van der Waals surface area contributed by atoms with Gasteiger partial charge in [-0.2, -0.15) is 5.10 Å². The molecule has 0 radical (unpaired) electrons. The van der Waals surface area contributed by atoms with E-state index in [2.05, 4.69) is 20.7 Å². The fourth-order valence-corrected chi connectivity index (χ4v) is 1.75. The molecule has 0 unspecified atom stereocenters. The first-order valence-electron chi connectivity index (χ1n) is 6.70. The van der Waals surface area contributed by atoms with Gasteiger partial charge in [0.2, 0.25) is 5.91 Å². The van der Waals surface area contributed by atoms with Crippen LogP contribution in [0, 0.1) is 0 Å². The lowest BCUT2D eigenvalue weighted by Gasteiger charge is -2.04. The van der Waals surface area contributed by atoms with Crippen molar-refractivity contribution in [1.29, 1.82) is 0 Å². The number of nitrogens with zero attached hydrogens (tertiary/aromatic N) is 3. The van der Waals surface area contributed by atoms with E-state index in [1.54, 1.807) is 30.3 Å². The Hall–Kier alpha value is -1.67. The van der Waals surface area contributed by atoms with Crippen molar-refractivity contribution in [3.63, 3.8) is 0 Å². The lowest BCUT2D eigenvalue weighted by molar-refractivity contribution is -0.115. The van der Waals surface area contributed by atoms with Crippen molar-refractivity contribution in [2.45, 2.75) is 6.54 Å². The van der Waals surface area contributed by atoms with E-state index < -0.39 is 0 Å². The Morgan fingerprint density at radius 1 is 1.26 bits per heavy atom. The summed E-state index contributed by atoms with van der Waals surface area (Å²) in [5.41, 5.74) is 1.10. The van der Waals surface area contributed by atoms with Gasteiger partial charge in [0.25, 0.3) is 0 Å². The molecule has 0 aliphatic rings. The number of ether oxygens (including phenoxy) is 1. The highest BCUT2D eigenvalue weighted by molar-refractivity contribution is 5.91. The number of anilines is 1. The van der Waals surface area contributed by atoms with E-state index in [1.165, 1.54) is 0 Å². The summed E-state index contributed by atoms with van der Waals surface area (Å²) in [6.07, 6.45) is 5.31. The molecule has 2 heterocycles. The van der Waals surface area contributed by atoms with Crippen LogP contribution < -0.4 is 10.6 Å². The Kier molecular flexibility index (Phi) is 11.0. The first-order valence-corrected chi connectivity index (χ1v) is 6.70. The number of carbonyl (C=O) groups is 1. The van der Waals surface area contributed by atoms with E-state index in [4.69, 9.17) is 4.74 Å². The third-order valence-corrected chi connectivity index (χ3v) is 2.77. The molecule has 0 aromatic carbocycles. The number of carbonyl (C=O) groups excluding carboxylic acids is 1. The largest absolute Gasteiger partial charge is 0.383 e. The summed E-state index contributed by atoms with van der Waals surface area (Å²) in [5, 5.41) is 10.0. The number of rotatable bonds is 8. The third-order valence-electron chi connectivity index (χ3n) is 2.77. The molecule has 0 fully saturated rings. The van der Waals surface area contributed by atoms with Crippen molar-refractivity contribution in [2.24, 2.45) is 0 Å². The molecule has 2 N–H and O–H groups in total. The summed E-state index contributed by atoms with van der Waals surface area (Å²) in [6.45, 7) is 2.10. The van der Waals surface area contributed by atoms with Crippen LogP contribution in [0.1, 0.15) is 5.56 Å². The van der Waals surface area contributed by atoms with Crippen LogP contribution in [-0.4, -0.2) is 47.5 Å². The summed E-state index contributed by atoms with van der Waals surface area (Å²) >= 11 is 0. The van der Waals surface area contributed by atoms with Crippen LogP contribution in [0.4, 0.5) is 5.82 Å². The number of nitrogens with one attached hydrogen (secondary N) is 2. The van der Waals surface area contributed by atoms with E-state index in [-0.39, 0.29) is 37.3 Å². The van der Waals surface area contributed by atoms with Gasteiger partial charge in [0.05, 0.1) is 19.7 Å². The van der Waals surface area contributed by atoms with Gasteiger partial charge in [-0.1, -0.05) is 0 Å².